The van der Waals surface area contributed by atoms with Gasteiger partial charge in [0.2, 0.25) is 5.79 Å². The summed E-state index contributed by atoms with van der Waals surface area (Å²) in [6.45, 7) is 13.0. The number of carboxylic acids is 1. The van der Waals surface area contributed by atoms with Crippen LogP contribution in [0.3, 0.4) is 0 Å². The Kier molecular flexibility index (Phi) is 25.3. The second-order valence-electron chi connectivity index (χ2n) is 20.1. The Balaban J connectivity index is 1.50. The van der Waals surface area contributed by atoms with Gasteiger partial charge in [0, 0.05) is 58.5 Å². The number of rotatable bonds is 28. The molecular formula is C53H85NO15. The van der Waals surface area contributed by atoms with Crippen LogP contribution in [-0.2, 0) is 47.7 Å². The van der Waals surface area contributed by atoms with E-state index in [0.717, 1.165) is 36.2 Å². The number of allylic oxidation sites excluding steroid dienone is 6. The monoisotopic (exact) mass is 976 g/mol. The Hall–Kier alpha value is -3.45. The lowest BCUT2D eigenvalue weighted by Gasteiger charge is -2.42. The van der Waals surface area contributed by atoms with E-state index in [-0.39, 0.29) is 68.2 Å². The first kappa shape index (κ1) is 59.9. The molecule has 3 fully saturated rings. The molecule has 15 atom stereocenters. The zero-order chi connectivity index (χ0) is 51.6. The van der Waals surface area contributed by atoms with Crippen LogP contribution in [0, 0.1) is 35.5 Å². The number of hydrogen-bond donors (Lipinski definition) is 5. The molecule has 3 rings (SSSR count). The van der Waals surface area contributed by atoms with Gasteiger partial charge in [-0.25, -0.2) is 4.79 Å². The summed E-state index contributed by atoms with van der Waals surface area (Å²) < 4.78 is 28.7. The Bertz CT molecular complexity index is 1790. The number of carboxylic acid groups (broad SMARTS) is 1. The van der Waals surface area contributed by atoms with Crippen LogP contribution in [0.15, 0.2) is 47.6 Å². The highest BCUT2D eigenvalue weighted by Gasteiger charge is 2.53. The topological polar surface area (TPSA) is 236 Å². The number of piperidine rings is 1. The Morgan fingerprint density at radius 3 is 2.22 bits per heavy atom. The van der Waals surface area contributed by atoms with E-state index in [2.05, 4.69) is 0 Å². The van der Waals surface area contributed by atoms with Crippen molar-refractivity contribution in [3.8, 4) is 0 Å². The number of hydrogen-bond acceptors (Lipinski definition) is 14. The van der Waals surface area contributed by atoms with E-state index in [1.807, 2.05) is 51.2 Å². The summed E-state index contributed by atoms with van der Waals surface area (Å²) in [7, 11) is 4.58. The molecule has 2 heterocycles. The maximum atomic E-state index is 13.6. The third-order valence-electron chi connectivity index (χ3n) is 14.7. The van der Waals surface area contributed by atoms with Crippen molar-refractivity contribution in [3.63, 3.8) is 0 Å². The highest BCUT2D eigenvalue weighted by Crippen LogP contribution is 2.37. The van der Waals surface area contributed by atoms with Gasteiger partial charge in [0.05, 0.1) is 43.7 Å². The number of ether oxygens (including phenoxy) is 5. The highest BCUT2D eigenvalue weighted by atomic mass is 16.6. The molecule has 0 aromatic heterocycles. The zero-order valence-electron chi connectivity index (χ0n) is 42.9. The minimum absolute atomic E-state index is 0.00502. The van der Waals surface area contributed by atoms with E-state index in [9.17, 15) is 44.4 Å². The molecule has 0 spiro atoms. The second kappa shape index (κ2) is 29.2. The summed E-state index contributed by atoms with van der Waals surface area (Å²) in [5.41, 5.74) is 1.29. The van der Waals surface area contributed by atoms with Crippen LogP contribution in [-0.4, -0.2) is 155 Å². The largest absolute Gasteiger partial charge is 0.480 e. The minimum Gasteiger partial charge on any atom is -0.480 e. The van der Waals surface area contributed by atoms with Gasteiger partial charge >= 0.3 is 5.97 Å². The van der Waals surface area contributed by atoms with Crippen molar-refractivity contribution >= 4 is 29.2 Å². The van der Waals surface area contributed by atoms with Gasteiger partial charge in [-0.15, -0.1) is 0 Å². The second-order valence-corrected chi connectivity index (χ2v) is 20.1. The third kappa shape index (κ3) is 17.4. The third-order valence-corrected chi connectivity index (χ3v) is 14.7. The molecule has 0 unspecified atom stereocenters. The Morgan fingerprint density at radius 2 is 1.58 bits per heavy atom. The van der Waals surface area contributed by atoms with Crippen molar-refractivity contribution in [1.29, 1.82) is 0 Å². The first-order chi connectivity index (χ1) is 32.6. The van der Waals surface area contributed by atoms with E-state index in [0.29, 0.717) is 50.0 Å². The molecule has 0 bridgehead atoms. The number of ketones is 3. The quantitative estimate of drug-likeness (QED) is 0.0359. The number of Topliss-reactive ketones (excluding diaryl/α,β-unsaturated/α-hetero) is 3. The number of aliphatic hydroxyl groups is 4. The smallest absolute Gasteiger partial charge is 0.326 e. The number of aliphatic carboxylic acids is 1. The lowest BCUT2D eigenvalue weighted by molar-refractivity contribution is -0.265. The Morgan fingerprint density at radius 1 is 0.870 bits per heavy atom. The van der Waals surface area contributed by atoms with Gasteiger partial charge in [-0.3, -0.25) is 19.2 Å². The Labute approximate surface area is 410 Å². The van der Waals surface area contributed by atoms with Crippen molar-refractivity contribution < 1.29 is 73.2 Å². The number of carbonyl (C=O) groups excluding carboxylic acids is 4. The maximum Gasteiger partial charge on any atom is 0.326 e. The van der Waals surface area contributed by atoms with Gasteiger partial charge in [-0.05, 0) is 107 Å². The average molecular weight is 976 g/mol. The van der Waals surface area contributed by atoms with E-state index in [1.165, 1.54) is 7.11 Å². The summed E-state index contributed by atoms with van der Waals surface area (Å²) >= 11 is 0. The van der Waals surface area contributed by atoms with Gasteiger partial charge in [0.25, 0.3) is 11.7 Å². The highest BCUT2D eigenvalue weighted by molar-refractivity contribution is 6.39. The van der Waals surface area contributed by atoms with Crippen molar-refractivity contribution in [1.82, 2.24) is 4.90 Å². The predicted octanol–water partition coefficient (Wildman–Crippen LogP) is 5.72. The number of methoxy groups -OCH3 is 3. The molecule has 2 saturated heterocycles. The molecule has 1 saturated carbocycles. The van der Waals surface area contributed by atoms with E-state index >= 15 is 0 Å². The lowest BCUT2D eigenvalue weighted by Crippen LogP contribution is -2.60. The summed E-state index contributed by atoms with van der Waals surface area (Å²) in [4.78, 5) is 66.4. The average Bonchev–Trinajstić information content (AvgIpc) is 3.32. The number of nitrogens with zero attached hydrogens (tertiary/aromatic N) is 1. The predicted molar refractivity (Wildman–Crippen MR) is 260 cm³/mol. The van der Waals surface area contributed by atoms with E-state index in [1.54, 1.807) is 48.0 Å². The van der Waals surface area contributed by atoms with Crippen LogP contribution in [0.25, 0.3) is 0 Å². The van der Waals surface area contributed by atoms with Crippen LogP contribution >= 0.6 is 0 Å². The fourth-order valence-corrected chi connectivity index (χ4v) is 10.1. The molecule has 392 valence electrons. The van der Waals surface area contributed by atoms with E-state index < -0.39 is 77.8 Å². The minimum atomic E-state index is -2.39. The molecule has 16 heteroatoms. The lowest BCUT2D eigenvalue weighted by atomic mass is 9.78. The standard InChI is InChI=1S/C53H85NO15/c1-32(16-12-11-13-17-33(2)45(65-8)30-40-21-19-38(7)53(64,69-40)50(60)51(61)54-23-15-14-18-41(54)52(62)63)26-36(5)47(58)49(67-10)48(59)37(6)27-34(3)42(56)31-43(57)35(4)28-39-20-22-44(68-25-24-55)46(29-39)66-9/h11-13,16-17,27,32,34-36,38-41,43-46,48-49,55,57,59,64H,14-15,18-26,28-31H2,1-10H3,(H,62,63)/b13-11+,16-12+,33-17+,37-27+/t32-,34-,35-,36-,38-,39+,40+,41+,43+,44-,45+,46-,48-,49+,53-/m1/s1. The van der Waals surface area contributed by atoms with Crippen molar-refractivity contribution in [2.45, 2.75) is 180 Å². The molecule has 0 radical (unpaired) electrons. The molecule has 69 heavy (non-hydrogen) atoms. The van der Waals surface area contributed by atoms with E-state index in [4.69, 9.17) is 28.8 Å². The molecule has 3 aliphatic rings. The van der Waals surface area contributed by atoms with Crippen molar-refractivity contribution in [3.05, 3.63) is 47.6 Å². The van der Waals surface area contributed by atoms with Crippen LogP contribution < -0.4 is 0 Å². The van der Waals surface area contributed by atoms with Crippen molar-refractivity contribution in [2.24, 2.45) is 35.5 Å². The van der Waals surface area contributed by atoms with Crippen molar-refractivity contribution in [2.75, 3.05) is 41.1 Å². The number of carbonyl (C=O) groups is 5. The van der Waals surface area contributed by atoms with Gasteiger partial charge in [-0.1, -0.05) is 71.1 Å². The first-order valence-corrected chi connectivity index (χ1v) is 25.0. The first-order valence-electron chi connectivity index (χ1n) is 25.0. The summed E-state index contributed by atoms with van der Waals surface area (Å²) in [5.74, 6) is -7.74. The van der Waals surface area contributed by atoms with Crippen LogP contribution in [0.2, 0.25) is 0 Å². The SMILES string of the molecule is CO[C@@H](C[C@@H]1CC[C@@H](C)[C@](O)(C(=O)C(=O)N2CCCC[C@H]2C(=O)O)O1)/C(C)=C/C=C/C=C/[C@@H](C)C[C@@H](C)C(=O)[C@H](OC)[C@H](O)/C(C)=C/[C@@H](C)C(=O)C[C@H](O)[C@H](C)C[C@@H]1CC[C@@H](OCCO)[C@H](OC)C1. The van der Waals surface area contributed by atoms with Crippen LogP contribution in [0.5, 0.6) is 0 Å². The normalized spacial score (nSPS) is 28.7. The molecular weight excluding hydrogens is 891 g/mol. The number of likely N-dealkylation sites (tertiary alicyclic amines) is 1. The zero-order valence-corrected chi connectivity index (χ0v) is 42.9. The molecule has 2 aliphatic heterocycles. The van der Waals surface area contributed by atoms with Crippen LogP contribution in [0.1, 0.15) is 126 Å². The summed E-state index contributed by atoms with van der Waals surface area (Å²) in [6, 6.07) is -1.12. The summed E-state index contributed by atoms with van der Waals surface area (Å²) in [5, 5.41) is 52.5. The molecule has 5 N–H and O–H groups in total. The maximum absolute atomic E-state index is 13.6. The molecule has 16 nitrogen and oxygen atoms in total. The molecule has 0 aromatic carbocycles. The fourth-order valence-electron chi connectivity index (χ4n) is 10.1. The van der Waals surface area contributed by atoms with Gasteiger partial charge < -0.3 is 54.1 Å². The van der Waals surface area contributed by atoms with Crippen LogP contribution in [0.4, 0.5) is 0 Å². The number of amides is 1. The number of aliphatic hydroxyl groups excluding tert-OH is 3. The van der Waals surface area contributed by atoms with Gasteiger partial charge in [0.1, 0.15) is 24.0 Å². The molecule has 1 amide bonds. The fraction of sp³-hybridized carbons (Fsp3) is 0.755. The van der Waals surface area contributed by atoms with Gasteiger partial charge in [0.15, 0.2) is 5.78 Å². The molecule has 1 aliphatic carbocycles. The van der Waals surface area contributed by atoms with Gasteiger partial charge in [-0.2, -0.15) is 0 Å². The summed E-state index contributed by atoms with van der Waals surface area (Å²) in [6.07, 6.45) is 13.0. The molecule has 0 aromatic rings.